The highest BCUT2D eigenvalue weighted by atomic mass is 32.1. The van der Waals surface area contributed by atoms with Gasteiger partial charge in [0.1, 0.15) is 11.5 Å². The van der Waals surface area contributed by atoms with Crippen LogP contribution in [-0.2, 0) is 11.2 Å². The number of H-pyrrole nitrogens is 2. The van der Waals surface area contributed by atoms with Crippen LogP contribution in [0.3, 0.4) is 0 Å². The number of thiophene rings is 1. The number of Topliss-reactive ketones (excluding diaryl/α,β-unsaturated/α-hetero) is 1. The van der Waals surface area contributed by atoms with E-state index in [0.29, 0.717) is 28.8 Å². The lowest BCUT2D eigenvalue weighted by Crippen LogP contribution is -2.25. The van der Waals surface area contributed by atoms with Crippen LogP contribution >= 0.6 is 11.3 Å². The molecule has 34 heavy (non-hydrogen) atoms. The van der Waals surface area contributed by atoms with Gasteiger partial charge in [0.2, 0.25) is 5.95 Å². The van der Waals surface area contributed by atoms with Crippen molar-refractivity contribution in [2.24, 2.45) is 0 Å². The van der Waals surface area contributed by atoms with E-state index in [9.17, 15) is 14.4 Å². The molecule has 0 spiro atoms. The average molecular weight is 473 g/mol. The van der Waals surface area contributed by atoms with E-state index in [4.69, 9.17) is 0 Å². The molecule has 0 saturated carbocycles. The third-order valence-corrected chi connectivity index (χ3v) is 6.42. The molecule has 9 nitrogen and oxygen atoms in total. The molecule has 1 aromatic carbocycles. The Bertz CT molecular complexity index is 1590. The Morgan fingerprint density at radius 2 is 2.00 bits per heavy atom. The van der Waals surface area contributed by atoms with Crippen molar-refractivity contribution in [3.63, 3.8) is 0 Å². The average Bonchev–Trinajstić information content (AvgIpc) is 3.57. The van der Waals surface area contributed by atoms with Crippen molar-refractivity contribution in [3.8, 4) is 16.5 Å². The Morgan fingerprint density at radius 1 is 1.18 bits per heavy atom. The summed E-state index contributed by atoms with van der Waals surface area (Å²) in [5.74, 6) is -1.15. The maximum absolute atomic E-state index is 13.0. The molecule has 5 aromatic rings. The molecule has 0 aliphatic rings. The molecule has 10 heteroatoms. The van der Waals surface area contributed by atoms with Gasteiger partial charge >= 0.3 is 0 Å². The number of hydrogen-bond donors (Lipinski definition) is 3. The minimum absolute atomic E-state index is 0.150. The number of para-hydroxylation sites is 1. The number of benzene rings is 1. The highest BCUT2D eigenvalue weighted by Gasteiger charge is 2.23. The quantitative estimate of drug-likeness (QED) is 0.256. The highest BCUT2D eigenvalue weighted by Crippen LogP contribution is 2.27. The molecule has 3 N–H and O–H groups in total. The van der Waals surface area contributed by atoms with E-state index in [1.54, 1.807) is 25.1 Å². The second-order valence-electron chi connectivity index (χ2n) is 7.64. The molecule has 0 atom stereocenters. The summed E-state index contributed by atoms with van der Waals surface area (Å²) >= 11 is 1.48. The van der Waals surface area contributed by atoms with Crippen LogP contribution in [0, 0.1) is 6.92 Å². The number of aryl methyl sites for hydroxylation is 1. The van der Waals surface area contributed by atoms with Crippen molar-refractivity contribution >= 4 is 39.7 Å². The zero-order valence-corrected chi connectivity index (χ0v) is 19.2. The first-order valence-corrected chi connectivity index (χ1v) is 11.5. The van der Waals surface area contributed by atoms with Gasteiger partial charge in [0.15, 0.2) is 0 Å². The lowest BCUT2D eigenvalue weighted by atomic mass is 10.1. The minimum Gasteiger partial charge on any atom is -0.360 e. The van der Waals surface area contributed by atoms with Gasteiger partial charge in [0.05, 0.1) is 10.4 Å². The zero-order chi connectivity index (χ0) is 23.8. The monoisotopic (exact) mass is 472 g/mol. The first kappa shape index (κ1) is 21.5. The van der Waals surface area contributed by atoms with E-state index < -0.39 is 11.7 Å². The molecule has 0 aliphatic heterocycles. The van der Waals surface area contributed by atoms with Gasteiger partial charge in [-0.25, -0.2) is 4.98 Å². The fourth-order valence-electron chi connectivity index (χ4n) is 3.84. The van der Waals surface area contributed by atoms with E-state index in [1.165, 1.54) is 22.2 Å². The fraction of sp³-hybridized carbons (Fsp3) is 0.125. The number of hydrogen-bond acceptors (Lipinski definition) is 6. The SMILES string of the molecule is CCc1c(C)nc(-n2nc(-c3cccs3)cc2NC(=O)C(=O)c2c[nH]c3ccccc23)[nH]c1=O. The van der Waals surface area contributed by atoms with E-state index in [1.807, 2.05) is 36.6 Å². The second-order valence-corrected chi connectivity index (χ2v) is 8.59. The molecule has 5 rings (SSSR count). The Hall–Kier alpha value is -4.31. The number of nitrogens with zero attached hydrogens (tertiary/aromatic N) is 3. The van der Waals surface area contributed by atoms with Crippen LogP contribution in [0.1, 0.15) is 28.5 Å². The van der Waals surface area contributed by atoms with Crippen LogP contribution in [0.15, 0.2) is 58.8 Å². The number of fused-ring (bicyclic) bond motifs is 1. The maximum Gasteiger partial charge on any atom is 0.298 e. The standard InChI is InChI=1S/C24H20N6O3S/c1-3-14-13(2)26-24(28-22(14)32)30-20(11-18(29-30)19-9-6-10-34-19)27-23(33)21(31)16-12-25-17-8-5-4-7-15(16)17/h4-12,25H,3H2,1-2H3,(H,27,33)(H,26,28,32). The van der Waals surface area contributed by atoms with Gasteiger partial charge < -0.3 is 10.3 Å². The van der Waals surface area contributed by atoms with E-state index in [-0.39, 0.29) is 22.9 Å². The Kier molecular flexibility index (Phi) is 5.42. The molecular formula is C24H20N6O3S. The molecule has 0 saturated heterocycles. The summed E-state index contributed by atoms with van der Waals surface area (Å²) in [5, 5.41) is 9.77. The molecule has 0 radical (unpaired) electrons. The number of carbonyl (C=O) groups is 2. The Labute approximate surface area is 197 Å². The van der Waals surface area contributed by atoms with Gasteiger partial charge in [-0.3, -0.25) is 19.4 Å². The number of aromatic nitrogens is 5. The van der Waals surface area contributed by atoms with Crippen molar-refractivity contribution in [2.45, 2.75) is 20.3 Å². The largest absolute Gasteiger partial charge is 0.360 e. The van der Waals surface area contributed by atoms with Crippen LogP contribution in [0.25, 0.3) is 27.4 Å². The molecular weight excluding hydrogens is 452 g/mol. The summed E-state index contributed by atoms with van der Waals surface area (Å²) < 4.78 is 1.34. The van der Waals surface area contributed by atoms with Gasteiger partial charge in [-0.2, -0.15) is 9.78 Å². The van der Waals surface area contributed by atoms with Gasteiger partial charge in [0.25, 0.3) is 17.2 Å². The zero-order valence-electron chi connectivity index (χ0n) is 18.4. The predicted molar refractivity (Wildman–Crippen MR) is 131 cm³/mol. The fourth-order valence-corrected chi connectivity index (χ4v) is 4.52. The Morgan fingerprint density at radius 3 is 2.74 bits per heavy atom. The number of carbonyl (C=O) groups excluding carboxylic acids is 2. The second kappa shape index (κ2) is 8.56. The first-order chi connectivity index (χ1) is 16.5. The van der Waals surface area contributed by atoms with Gasteiger partial charge in [-0.15, -0.1) is 11.3 Å². The minimum atomic E-state index is -0.826. The van der Waals surface area contributed by atoms with E-state index in [2.05, 4.69) is 25.4 Å². The molecule has 0 fully saturated rings. The number of aromatic amines is 2. The van der Waals surface area contributed by atoms with Gasteiger partial charge in [-0.1, -0.05) is 31.2 Å². The molecule has 170 valence electrons. The van der Waals surface area contributed by atoms with Crippen LogP contribution in [0.5, 0.6) is 0 Å². The number of nitrogens with one attached hydrogen (secondary N) is 3. The third kappa shape index (κ3) is 3.73. The highest BCUT2D eigenvalue weighted by molar-refractivity contribution is 7.13. The summed E-state index contributed by atoms with van der Waals surface area (Å²) in [6.07, 6.45) is 2.06. The van der Waals surface area contributed by atoms with Gasteiger partial charge in [-0.05, 0) is 30.9 Å². The third-order valence-electron chi connectivity index (χ3n) is 5.53. The summed E-state index contributed by atoms with van der Waals surface area (Å²) in [7, 11) is 0. The van der Waals surface area contributed by atoms with Crippen LogP contribution in [0.4, 0.5) is 5.82 Å². The topological polar surface area (TPSA) is 126 Å². The molecule has 4 heterocycles. The molecule has 4 aromatic heterocycles. The molecule has 0 unspecified atom stereocenters. The lowest BCUT2D eigenvalue weighted by molar-refractivity contribution is -0.112. The number of rotatable bonds is 6. The summed E-state index contributed by atoms with van der Waals surface area (Å²) in [5.41, 5.74) is 2.48. The lowest BCUT2D eigenvalue weighted by Gasteiger charge is -2.09. The Balaban J connectivity index is 1.55. The van der Waals surface area contributed by atoms with Crippen LogP contribution in [-0.4, -0.2) is 36.4 Å². The van der Waals surface area contributed by atoms with Crippen molar-refractivity contribution in [2.75, 3.05) is 5.32 Å². The summed E-state index contributed by atoms with van der Waals surface area (Å²) in [6.45, 7) is 3.63. The van der Waals surface area contributed by atoms with Crippen LogP contribution < -0.4 is 10.9 Å². The van der Waals surface area contributed by atoms with Gasteiger partial charge in [0, 0.05) is 34.4 Å². The molecule has 1 amide bonds. The van der Waals surface area contributed by atoms with E-state index >= 15 is 0 Å². The maximum atomic E-state index is 13.0. The first-order valence-electron chi connectivity index (χ1n) is 10.6. The number of amides is 1. The number of anilines is 1. The van der Waals surface area contributed by atoms with Crippen molar-refractivity contribution in [1.82, 2.24) is 24.7 Å². The van der Waals surface area contributed by atoms with Crippen LogP contribution in [0.2, 0.25) is 0 Å². The summed E-state index contributed by atoms with van der Waals surface area (Å²) in [6, 6.07) is 12.7. The normalized spacial score (nSPS) is 11.1. The molecule has 0 aliphatic carbocycles. The number of ketones is 1. The summed E-state index contributed by atoms with van der Waals surface area (Å²) in [4.78, 5) is 49.6. The van der Waals surface area contributed by atoms with Crippen molar-refractivity contribution < 1.29 is 9.59 Å². The van der Waals surface area contributed by atoms with Crippen molar-refractivity contribution in [3.05, 3.63) is 81.2 Å². The predicted octanol–water partition coefficient (Wildman–Crippen LogP) is 3.86. The van der Waals surface area contributed by atoms with E-state index in [0.717, 1.165) is 10.4 Å². The smallest absolute Gasteiger partial charge is 0.298 e. The van der Waals surface area contributed by atoms with Crippen molar-refractivity contribution in [1.29, 1.82) is 0 Å². The molecule has 0 bridgehead atoms.